The van der Waals surface area contributed by atoms with Gasteiger partial charge in [0.2, 0.25) is 0 Å². The smallest absolute Gasteiger partial charge is 0.276 e. The van der Waals surface area contributed by atoms with Crippen molar-refractivity contribution in [1.82, 2.24) is 0 Å². The van der Waals surface area contributed by atoms with E-state index in [1.165, 1.54) is 0 Å². The van der Waals surface area contributed by atoms with E-state index in [0.717, 1.165) is 22.4 Å². The molecule has 1 aliphatic rings. The number of amidine groups is 1. The number of nitrogens with zero attached hydrogens (tertiary/aromatic N) is 2. The molecule has 30 heavy (non-hydrogen) atoms. The fourth-order valence-electron chi connectivity index (χ4n) is 3.20. The molecule has 1 aliphatic heterocycles. The number of anilines is 2. The first-order valence-electron chi connectivity index (χ1n) is 9.26. The first-order valence-corrected chi connectivity index (χ1v) is 9.64. The number of carbonyl (C=O) groups is 1. The Morgan fingerprint density at radius 2 is 1.70 bits per heavy atom. The Morgan fingerprint density at radius 1 is 0.967 bits per heavy atom. The fourth-order valence-corrected chi connectivity index (χ4v) is 3.32. The number of amides is 1. The lowest BCUT2D eigenvalue weighted by Gasteiger charge is -2.07. The average Bonchev–Trinajstić information content (AvgIpc) is 3.09. The Bertz CT molecular complexity index is 1240. The molecule has 0 saturated heterocycles. The lowest BCUT2D eigenvalue weighted by atomic mass is 10.1. The van der Waals surface area contributed by atoms with Crippen LogP contribution in [0.2, 0.25) is 5.02 Å². The number of aliphatic imine (C=N–C) groups is 1. The van der Waals surface area contributed by atoms with Gasteiger partial charge in [-0.15, -0.1) is 0 Å². The Hall–Kier alpha value is -3.88. The van der Waals surface area contributed by atoms with Crippen LogP contribution in [-0.2, 0) is 4.79 Å². The summed E-state index contributed by atoms with van der Waals surface area (Å²) >= 11 is 5.89. The van der Waals surface area contributed by atoms with Crippen molar-refractivity contribution in [1.29, 1.82) is 0 Å². The van der Waals surface area contributed by atoms with Gasteiger partial charge in [-0.3, -0.25) is 4.79 Å². The van der Waals surface area contributed by atoms with Crippen molar-refractivity contribution in [2.75, 3.05) is 10.6 Å². The minimum absolute atomic E-state index is 0.0709. The molecule has 0 saturated carbocycles. The molecule has 0 unspecified atom stereocenters. The summed E-state index contributed by atoms with van der Waals surface area (Å²) in [4.78, 5) is 20.9. The standard InChI is InChI=1S/C24H17ClN4O/c1-15-6-5-7-18(14-15)27-23-20-9-4-3-8-19(20)21(29-23)22(26-2)24(30)28-17-12-10-16(25)11-13-17/h3-14H,1H3,(H,27,29)(H,28,30)/b22-21+. The molecule has 1 heterocycles. The maximum Gasteiger partial charge on any atom is 0.276 e. The Kier molecular flexibility index (Phi) is 5.34. The van der Waals surface area contributed by atoms with Gasteiger partial charge in [-0.05, 0) is 48.9 Å². The minimum atomic E-state index is -0.516. The van der Waals surface area contributed by atoms with Crippen molar-refractivity contribution in [3.63, 3.8) is 0 Å². The van der Waals surface area contributed by atoms with E-state index in [9.17, 15) is 4.79 Å². The van der Waals surface area contributed by atoms with E-state index in [4.69, 9.17) is 18.2 Å². The van der Waals surface area contributed by atoms with Gasteiger partial charge in [0.15, 0.2) is 0 Å². The predicted molar refractivity (Wildman–Crippen MR) is 121 cm³/mol. The lowest BCUT2D eigenvalue weighted by molar-refractivity contribution is -0.112. The number of benzene rings is 3. The normalized spacial score (nSPS) is 13.7. The number of nitrogens with one attached hydrogen (secondary N) is 2. The van der Waals surface area contributed by atoms with Gasteiger partial charge in [0.25, 0.3) is 11.6 Å². The van der Waals surface area contributed by atoms with Crippen LogP contribution in [-0.4, -0.2) is 11.7 Å². The Balaban J connectivity index is 1.72. The first-order chi connectivity index (χ1) is 14.5. The highest BCUT2D eigenvalue weighted by molar-refractivity contribution is 6.30. The van der Waals surface area contributed by atoms with Crippen LogP contribution in [0.5, 0.6) is 0 Å². The third kappa shape index (κ3) is 3.95. The van der Waals surface area contributed by atoms with Gasteiger partial charge in [0.1, 0.15) is 5.84 Å². The molecule has 0 spiro atoms. The molecule has 6 heteroatoms. The maximum absolute atomic E-state index is 12.8. The van der Waals surface area contributed by atoms with E-state index in [0.29, 0.717) is 22.2 Å². The lowest BCUT2D eigenvalue weighted by Crippen LogP contribution is -2.13. The topological polar surface area (TPSA) is 57.9 Å². The highest BCUT2D eigenvalue weighted by atomic mass is 35.5. The van der Waals surface area contributed by atoms with Crippen molar-refractivity contribution in [2.24, 2.45) is 4.99 Å². The number of hydrogen-bond acceptors (Lipinski definition) is 3. The maximum atomic E-state index is 12.8. The quantitative estimate of drug-likeness (QED) is 0.425. The van der Waals surface area contributed by atoms with Crippen molar-refractivity contribution >= 4 is 40.4 Å². The number of halogens is 1. The van der Waals surface area contributed by atoms with Gasteiger partial charge in [-0.25, -0.2) is 9.84 Å². The van der Waals surface area contributed by atoms with Crippen molar-refractivity contribution < 1.29 is 4.79 Å². The number of aryl methyl sites for hydroxylation is 1. The predicted octanol–water partition coefficient (Wildman–Crippen LogP) is 5.75. The molecule has 1 amide bonds. The number of rotatable bonds is 3. The molecular formula is C24H17ClN4O. The summed E-state index contributed by atoms with van der Waals surface area (Å²) in [5, 5.41) is 6.62. The summed E-state index contributed by atoms with van der Waals surface area (Å²) in [5.41, 5.74) is 4.42. The van der Waals surface area contributed by atoms with E-state index in [-0.39, 0.29) is 5.70 Å². The van der Waals surface area contributed by atoms with Crippen LogP contribution in [0.1, 0.15) is 16.7 Å². The summed E-state index contributed by atoms with van der Waals surface area (Å²) < 4.78 is 0. The van der Waals surface area contributed by atoms with Crippen LogP contribution in [0.3, 0.4) is 0 Å². The molecule has 0 radical (unpaired) electrons. The van der Waals surface area contributed by atoms with Crippen molar-refractivity contribution in [3.8, 4) is 0 Å². The molecule has 5 nitrogen and oxygen atoms in total. The highest BCUT2D eigenvalue weighted by Crippen LogP contribution is 2.32. The van der Waals surface area contributed by atoms with Gasteiger partial charge < -0.3 is 10.6 Å². The molecule has 3 aromatic rings. The second-order valence-electron chi connectivity index (χ2n) is 6.77. The summed E-state index contributed by atoms with van der Waals surface area (Å²) in [6.45, 7) is 9.62. The zero-order chi connectivity index (χ0) is 21.1. The highest BCUT2D eigenvalue weighted by Gasteiger charge is 2.26. The van der Waals surface area contributed by atoms with Gasteiger partial charge >= 0.3 is 0 Å². The van der Waals surface area contributed by atoms with Crippen molar-refractivity contribution in [3.05, 3.63) is 112 Å². The molecule has 0 aliphatic carbocycles. The molecule has 4 rings (SSSR count). The molecule has 0 fully saturated rings. The van der Waals surface area contributed by atoms with E-state index in [1.54, 1.807) is 24.3 Å². The van der Waals surface area contributed by atoms with Crippen LogP contribution >= 0.6 is 11.6 Å². The monoisotopic (exact) mass is 412 g/mol. The summed E-state index contributed by atoms with van der Waals surface area (Å²) in [6, 6.07) is 22.2. The van der Waals surface area contributed by atoms with Crippen LogP contribution < -0.4 is 10.6 Å². The summed E-state index contributed by atoms with van der Waals surface area (Å²) in [6.07, 6.45) is 0. The van der Waals surface area contributed by atoms with Gasteiger partial charge in [0.05, 0.1) is 12.3 Å². The SMILES string of the molecule is [C-]#[N+]/C(C(=O)Nc1ccc(Cl)cc1)=C1/N=C(Nc2cccc(C)c2)c2ccccc21. The second kappa shape index (κ2) is 8.24. The largest absolute Gasteiger partial charge is 0.340 e. The van der Waals surface area contributed by atoms with E-state index >= 15 is 0 Å². The molecule has 3 aromatic carbocycles. The third-order valence-electron chi connectivity index (χ3n) is 4.59. The summed E-state index contributed by atoms with van der Waals surface area (Å²) in [5.74, 6) is 0.0873. The zero-order valence-electron chi connectivity index (χ0n) is 16.1. The average molecular weight is 413 g/mol. The third-order valence-corrected chi connectivity index (χ3v) is 4.85. The van der Waals surface area contributed by atoms with Crippen LogP contribution in [0.4, 0.5) is 11.4 Å². The van der Waals surface area contributed by atoms with Crippen LogP contribution in [0.15, 0.2) is 83.5 Å². The van der Waals surface area contributed by atoms with Crippen molar-refractivity contribution in [2.45, 2.75) is 6.92 Å². The van der Waals surface area contributed by atoms with E-state index in [1.807, 2.05) is 55.5 Å². The zero-order valence-corrected chi connectivity index (χ0v) is 16.9. The second-order valence-corrected chi connectivity index (χ2v) is 7.21. The number of carbonyl (C=O) groups excluding carboxylic acids is 1. The first kappa shape index (κ1) is 19.4. The van der Waals surface area contributed by atoms with Crippen LogP contribution in [0, 0.1) is 13.5 Å². The fraction of sp³-hybridized carbons (Fsp3) is 0.0417. The number of fused-ring (bicyclic) bond motifs is 1. The molecule has 146 valence electrons. The van der Waals surface area contributed by atoms with Gasteiger partial charge in [-0.2, -0.15) is 0 Å². The van der Waals surface area contributed by atoms with Crippen LogP contribution in [0.25, 0.3) is 10.5 Å². The molecule has 0 atom stereocenters. The minimum Gasteiger partial charge on any atom is -0.340 e. The van der Waals surface area contributed by atoms with E-state index in [2.05, 4.69) is 20.5 Å². The molecule has 0 aromatic heterocycles. The van der Waals surface area contributed by atoms with Gasteiger partial charge in [0, 0.05) is 27.5 Å². The summed E-state index contributed by atoms with van der Waals surface area (Å²) in [7, 11) is 0. The molecule has 0 bridgehead atoms. The molecule has 2 N–H and O–H groups in total. The number of hydrogen-bond donors (Lipinski definition) is 2. The molecular weight excluding hydrogens is 396 g/mol. The Labute approximate surface area is 179 Å². The van der Waals surface area contributed by atoms with Gasteiger partial charge in [-0.1, -0.05) is 48.0 Å². The Morgan fingerprint density at radius 3 is 2.40 bits per heavy atom. The van der Waals surface area contributed by atoms with E-state index < -0.39 is 5.91 Å².